The van der Waals surface area contributed by atoms with Crippen LogP contribution in [-0.2, 0) is 0 Å². The highest BCUT2D eigenvalue weighted by molar-refractivity contribution is 5.85. The van der Waals surface area contributed by atoms with Gasteiger partial charge in [0.25, 0.3) is 0 Å². The molecule has 0 amide bonds. The van der Waals surface area contributed by atoms with Gasteiger partial charge < -0.3 is 14.8 Å². The fourth-order valence-corrected chi connectivity index (χ4v) is 2.68. The Bertz CT molecular complexity index is 568. The van der Waals surface area contributed by atoms with Gasteiger partial charge in [-0.15, -0.1) is 33.6 Å². The highest BCUT2D eigenvalue weighted by atomic mass is 35.5. The SMILES string of the molecule is Cl.Cl.FC1(F)Oc2ccc([C@@H](N3CCNCC3)C(F)(F)F)cc2O1. The molecule has 1 fully saturated rings. The fraction of sp³-hybridized carbons (Fsp3) is 0.538. The molecule has 138 valence electrons. The number of benzene rings is 1. The first-order valence-electron chi connectivity index (χ1n) is 6.67. The van der Waals surface area contributed by atoms with Crippen molar-refractivity contribution in [3.63, 3.8) is 0 Å². The van der Waals surface area contributed by atoms with Crippen molar-refractivity contribution in [1.82, 2.24) is 10.2 Å². The van der Waals surface area contributed by atoms with Crippen molar-refractivity contribution in [2.75, 3.05) is 26.2 Å². The van der Waals surface area contributed by atoms with E-state index < -0.39 is 18.5 Å². The molecule has 2 aliphatic heterocycles. The quantitative estimate of drug-likeness (QED) is 0.777. The number of hydrogen-bond donors (Lipinski definition) is 1. The van der Waals surface area contributed by atoms with Crippen molar-refractivity contribution in [1.29, 1.82) is 0 Å². The first-order valence-corrected chi connectivity index (χ1v) is 6.67. The second-order valence-corrected chi connectivity index (χ2v) is 5.10. The highest BCUT2D eigenvalue weighted by Crippen LogP contribution is 2.45. The minimum Gasteiger partial charge on any atom is -0.395 e. The Kier molecular flexibility index (Phi) is 6.54. The van der Waals surface area contributed by atoms with Crippen LogP contribution in [0, 0.1) is 0 Å². The molecule has 0 bridgehead atoms. The van der Waals surface area contributed by atoms with E-state index in [1.54, 1.807) is 0 Å². The van der Waals surface area contributed by atoms with E-state index in [9.17, 15) is 22.0 Å². The van der Waals surface area contributed by atoms with Gasteiger partial charge in [0.1, 0.15) is 6.04 Å². The van der Waals surface area contributed by atoms with Crippen LogP contribution in [0.5, 0.6) is 11.5 Å². The van der Waals surface area contributed by atoms with E-state index in [1.165, 1.54) is 4.90 Å². The van der Waals surface area contributed by atoms with Gasteiger partial charge in [-0.25, -0.2) is 0 Å². The molecule has 3 rings (SSSR count). The van der Waals surface area contributed by atoms with Crippen LogP contribution in [0.25, 0.3) is 0 Å². The number of nitrogens with one attached hydrogen (secondary N) is 1. The lowest BCUT2D eigenvalue weighted by Gasteiger charge is -2.36. The first kappa shape index (κ1) is 21.0. The Morgan fingerprint density at radius 3 is 2.21 bits per heavy atom. The van der Waals surface area contributed by atoms with Gasteiger partial charge in [0, 0.05) is 26.2 Å². The van der Waals surface area contributed by atoms with Crippen molar-refractivity contribution in [3.8, 4) is 11.5 Å². The predicted octanol–water partition coefficient (Wildman–Crippen LogP) is 3.36. The lowest BCUT2D eigenvalue weighted by molar-refractivity contribution is -0.286. The summed E-state index contributed by atoms with van der Waals surface area (Å²) in [5.74, 6) is -0.651. The third kappa shape index (κ3) is 4.33. The first-order chi connectivity index (χ1) is 10.3. The van der Waals surface area contributed by atoms with Gasteiger partial charge in [-0.3, -0.25) is 4.90 Å². The van der Waals surface area contributed by atoms with Crippen LogP contribution in [0.2, 0.25) is 0 Å². The third-order valence-electron chi connectivity index (χ3n) is 3.57. The molecule has 11 heteroatoms. The zero-order valence-electron chi connectivity index (χ0n) is 12.1. The molecule has 2 heterocycles. The van der Waals surface area contributed by atoms with Gasteiger partial charge in [0.2, 0.25) is 0 Å². The summed E-state index contributed by atoms with van der Waals surface area (Å²) in [5, 5.41) is 2.97. The Balaban J connectivity index is 0.00000144. The van der Waals surface area contributed by atoms with Crippen molar-refractivity contribution in [3.05, 3.63) is 23.8 Å². The van der Waals surface area contributed by atoms with Gasteiger partial charge in [0.05, 0.1) is 0 Å². The van der Waals surface area contributed by atoms with Crippen LogP contribution in [0.15, 0.2) is 18.2 Å². The molecule has 1 aromatic rings. The molecule has 0 aliphatic carbocycles. The van der Waals surface area contributed by atoms with E-state index >= 15 is 0 Å². The van der Waals surface area contributed by atoms with E-state index in [4.69, 9.17) is 0 Å². The highest BCUT2D eigenvalue weighted by Gasteiger charge is 2.47. The molecule has 0 spiro atoms. The number of nitrogens with zero attached hydrogens (tertiary/aromatic N) is 1. The summed E-state index contributed by atoms with van der Waals surface area (Å²) >= 11 is 0. The molecule has 1 atom stereocenters. The summed E-state index contributed by atoms with van der Waals surface area (Å²) in [6.45, 7) is 1.31. The summed E-state index contributed by atoms with van der Waals surface area (Å²) < 4.78 is 74.6. The fourth-order valence-electron chi connectivity index (χ4n) is 2.68. The Morgan fingerprint density at radius 1 is 1.04 bits per heavy atom. The summed E-state index contributed by atoms with van der Waals surface area (Å²) in [7, 11) is 0. The van der Waals surface area contributed by atoms with E-state index in [1.807, 2.05) is 0 Å². The van der Waals surface area contributed by atoms with Gasteiger partial charge in [-0.2, -0.15) is 13.2 Å². The van der Waals surface area contributed by atoms with Crippen LogP contribution in [-0.4, -0.2) is 43.5 Å². The monoisotopic (exact) mass is 396 g/mol. The second kappa shape index (κ2) is 7.47. The minimum atomic E-state index is -4.52. The molecule has 0 aromatic heterocycles. The van der Waals surface area contributed by atoms with Crippen molar-refractivity contribution in [2.24, 2.45) is 0 Å². The maximum Gasteiger partial charge on any atom is 0.586 e. The molecule has 1 N–H and O–H groups in total. The minimum absolute atomic E-state index is 0. The molecular weight excluding hydrogens is 382 g/mol. The van der Waals surface area contributed by atoms with Crippen molar-refractivity contribution in [2.45, 2.75) is 18.5 Å². The molecule has 2 aliphatic rings. The average Bonchev–Trinajstić information content (AvgIpc) is 2.71. The number of fused-ring (bicyclic) bond motifs is 1. The number of halogens is 7. The van der Waals surface area contributed by atoms with Gasteiger partial charge in [-0.1, -0.05) is 6.07 Å². The summed E-state index contributed by atoms with van der Waals surface area (Å²) in [6, 6.07) is 1.32. The molecule has 1 aromatic carbocycles. The van der Waals surface area contributed by atoms with Crippen molar-refractivity contribution < 1.29 is 31.4 Å². The standard InChI is InChI=1S/C13H13F5N2O2.2ClH/c14-12(15,16)11(20-5-3-19-4-6-20)8-1-2-9-10(7-8)22-13(17,18)21-9;;/h1-2,7,11,19H,3-6H2;2*1H/t11-;;/m1../s1. The average molecular weight is 397 g/mol. The zero-order chi connectivity index (χ0) is 16.0. The Hall–Kier alpha value is -1.03. The maximum absolute atomic E-state index is 13.4. The van der Waals surface area contributed by atoms with Crippen LogP contribution in [0.4, 0.5) is 22.0 Å². The van der Waals surface area contributed by atoms with Crippen LogP contribution in [0.1, 0.15) is 11.6 Å². The molecule has 0 radical (unpaired) electrons. The van der Waals surface area contributed by atoms with E-state index in [0.717, 1.165) is 18.2 Å². The summed E-state index contributed by atoms with van der Waals surface area (Å²) in [5.41, 5.74) is -0.144. The molecule has 1 saturated heterocycles. The number of alkyl halides is 5. The van der Waals surface area contributed by atoms with E-state index in [-0.39, 0.29) is 55.0 Å². The number of piperazine rings is 1. The number of rotatable bonds is 2. The predicted molar refractivity (Wildman–Crippen MR) is 80.4 cm³/mol. The normalized spacial score (nSPS) is 20.7. The van der Waals surface area contributed by atoms with Gasteiger partial charge in [0.15, 0.2) is 11.5 Å². The van der Waals surface area contributed by atoms with Gasteiger partial charge in [-0.05, 0) is 17.7 Å². The molecule has 0 saturated carbocycles. The second-order valence-electron chi connectivity index (χ2n) is 5.10. The Morgan fingerprint density at radius 2 is 1.62 bits per heavy atom. The summed E-state index contributed by atoms with van der Waals surface area (Å²) in [4.78, 5) is 1.27. The topological polar surface area (TPSA) is 33.7 Å². The Labute approximate surface area is 147 Å². The van der Waals surface area contributed by atoms with Crippen molar-refractivity contribution >= 4 is 24.8 Å². The number of hydrogen-bond acceptors (Lipinski definition) is 4. The lowest BCUT2D eigenvalue weighted by Crippen LogP contribution is -2.49. The smallest absolute Gasteiger partial charge is 0.395 e. The van der Waals surface area contributed by atoms with Crippen LogP contribution >= 0.6 is 24.8 Å². The zero-order valence-corrected chi connectivity index (χ0v) is 13.7. The van der Waals surface area contributed by atoms with E-state index in [0.29, 0.717) is 13.1 Å². The van der Waals surface area contributed by atoms with E-state index in [2.05, 4.69) is 14.8 Å². The molecule has 4 nitrogen and oxygen atoms in total. The number of ether oxygens (including phenoxy) is 2. The van der Waals surface area contributed by atoms with Crippen LogP contribution < -0.4 is 14.8 Å². The summed E-state index contributed by atoms with van der Waals surface area (Å²) in [6.07, 6.45) is -8.36. The third-order valence-corrected chi connectivity index (χ3v) is 3.57. The largest absolute Gasteiger partial charge is 0.586 e. The van der Waals surface area contributed by atoms with Gasteiger partial charge >= 0.3 is 12.5 Å². The maximum atomic E-state index is 13.4. The molecular formula is C13H15Cl2F5N2O2. The molecule has 0 unspecified atom stereocenters. The van der Waals surface area contributed by atoms with Crippen LogP contribution in [0.3, 0.4) is 0 Å². The lowest BCUT2D eigenvalue weighted by atomic mass is 10.0. The molecule has 24 heavy (non-hydrogen) atoms.